The molecule has 0 aromatic carbocycles. The third-order valence-electron chi connectivity index (χ3n) is 2.84. The van der Waals surface area contributed by atoms with Crippen LogP contribution in [0.3, 0.4) is 0 Å². The topological polar surface area (TPSA) is 82.7 Å². The molecule has 2 aromatic heterocycles. The van der Waals surface area contributed by atoms with E-state index in [9.17, 15) is 10.2 Å². The number of aliphatic hydroxyl groups excluding tert-OH is 2. The van der Waals surface area contributed by atoms with Gasteiger partial charge in [0.05, 0.1) is 36.8 Å². The molecule has 0 bridgehead atoms. The number of nitrogens with one attached hydrogen (secondary N) is 1. The van der Waals surface area contributed by atoms with Gasteiger partial charge in [0.1, 0.15) is 4.60 Å². The van der Waals surface area contributed by atoms with Crippen LogP contribution in [0.5, 0.6) is 0 Å². The summed E-state index contributed by atoms with van der Waals surface area (Å²) in [7, 11) is 0. The van der Waals surface area contributed by atoms with E-state index in [1.54, 1.807) is 19.3 Å². The molecule has 3 N–H and O–H groups in total. The Morgan fingerprint density at radius 1 is 1.33 bits per heavy atom. The molecule has 0 saturated heterocycles. The second-order valence-electron chi connectivity index (χ2n) is 4.42. The van der Waals surface area contributed by atoms with Crippen LogP contribution in [0.4, 0.5) is 0 Å². The highest BCUT2D eigenvalue weighted by atomic mass is 79.9. The second-order valence-corrected chi connectivity index (χ2v) is 5.23. The van der Waals surface area contributed by atoms with Crippen LogP contribution < -0.4 is 5.32 Å². The smallest absolute Gasteiger partial charge is 0.155 e. The van der Waals surface area contributed by atoms with Crippen molar-refractivity contribution in [2.45, 2.75) is 19.0 Å². The molecule has 0 aliphatic rings. The first-order valence-corrected chi connectivity index (χ1v) is 6.31. The van der Waals surface area contributed by atoms with Crippen molar-refractivity contribution in [1.29, 1.82) is 0 Å². The van der Waals surface area contributed by atoms with Crippen LogP contribution in [0, 0.1) is 0 Å². The molecule has 2 aromatic rings. The van der Waals surface area contributed by atoms with E-state index in [1.165, 1.54) is 0 Å². The number of halogens is 1. The maximum Gasteiger partial charge on any atom is 0.155 e. The molecule has 7 heteroatoms. The molecule has 0 radical (unpaired) electrons. The quantitative estimate of drug-likeness (QED) is 0.740. The van der Waals surface area contributed by atoms with Crippen molar-refractivity contribution in [3.05, 3.63) is 28.9 Å². The molecule has 2 heterocycles. The van der Waals surface area contributed by atoms with Gasteiger partial charge in [-0.25, -0.2) is 9.97 Å². The van der Waals surface area contributed by atoms with Crippen molar-refractivity contribution in [1.82, 2.24) is 19.7 Å². The molecule has 0 spiro atoms. The lowest BCUT2D eigenvalue weighted by Gasteiger charge is -2.26. The third kappa shape index (κ3) is 2.69. The first kappa shape index (κ1) is 13.4. The predicted octanol–water partition coefficient (Wildman–Crippen LogP) is 0.325. The van der Waals surface area contributed by atoms with E-state index in [2.05, 4.69) is 31.2 Å². The highest BCUT2D eigenvalue weighted by Gasteiger charge is 2.21. The lowest BCUT2D eigenvalue weighted by molar-refractivity contribution is 0.103. The van der Waals surface area contributed by atoms with Gasteiger partial charge in [0.15, 0.2) is 5.65 Å². The highest BCUT2D eigenvalue weighted by molar-refractivity contribution is 9.10. The number of fused-ring (bicyclic) bond motifs is 1. The van der Waals surface area contributed by atoms with Gasteiger partial charge in [-0.15, -0.1) is 0 Å². The van der Waals surface area contributed by atoms with Crippen molar-refractivity contribution in [2.75, 3.05) is 13.2 Å². The van der Waals surface area contributed by atoms with E-state index in [4.69, 9.17) is 0 Å². The van der Waals surface area contributed by atoms with Crippen molar-refractivity contribution < 1.29 is 10.2 Å². The van der Waals surface area contributed by atoms with Crippen molar-refractivity contribution in [2.24, 2.45) is 0 Å². The minimum Gasteiger partial charge on any atom is -0.394 e. The number of imidazole rings is 1. The molecule has 0 atom stereocenters. The van der Waals surface area contributed by atoms with Gasteiger partial charge in [0.2, 0.25) is 0 Å². The minimum atomic E-state index is -0.700. The third-order valence-corrected chi connectivity index (χ3v) is 3.24. The lowest BCUT2D eigenvalue weighted by atomic mass is 10.1. The zero-order valence-corrected chi connectivity index (χ0v) is 11.6. The SMILES string of the molecule is CC(CO)(CO)NCc1cnc2cnc(Br)cn12. The van der Waals surface area contributed by atoms with Crippen LogP contribution in [-0.2, 0) is 6.54 Å². The van der Waals surface area contributed by atoms with E-state index < -0.39 is 5.54 Å². The summed E-state index contributed by atoms with van der Waals surface area (Å²) in [6, 6.07) is 0. The Bertz CT molecular complexity index is 539. The molecule has 6 nitrogen and oxygen atoms in total. The molecule has 0 saturated carbocycles. The Balaban J connectivity index is 2.19. The number of aliphatic hydroxyl groups is 2. The molecule has 18 heavy (non-hydrogen) atoms. The number of rotatable bonds is 5. The summed E-state index contributed by atoms with van der Waals surface area (Å²) in [6.07, 6.45) is 5.24. The van der Waals surface area contributed by atoms with Crippen molar-refractivity contribution in [3.63, 3.8) is 0 Å². The van der Waals surface area contributed by atoms with E-state index in [-0.39, 0.29) is 13.2 Å². The maximum absolute atomic E-state index is 9.21. The van der Waals surface area contributed by atoms with Crippen LogP contribution in [0.15, 0.2) is 23.2 Å². The van der Waals surface area contributed by atoms with Gasteiger partial charge in [-0.05, 0) is 22.9 Å². The maximum atomic E-state index is 9.21. The normalized spacial score (nSPS) is 12.2. The molecule has 0 unspecified atom stereocenters. The monoisotopic (exact) mass is 314 g/mol. The van der Waals surface area contributed by atoms with Crippen LogP contribution >= 0.6 is 15.9 Å². The van der Waals surface area contributed by atoms with Crippen LogP contribution in [0.2, 0.25) is 0 Å². The van der Waals surface area contributed by atoms with Crippen LogP contribution in [0.1, 0.15) is 12.6 Å². The second kappa shape index (κ2) is 5.31. The first-order valence-electron chi connectivity index (χ1n) is 5.52. The van der Waals surface area contributed by atoms with Gasteiger partial charge in [-0.2, -0.15) is 0 Å². The molecule has 2 rings (SSSR count). The predicted molar refractivity (Wildman–Crippen MR) is 70.1 cm³/mol. The van der Waals surface area contributed by atoms with Gasteiger partial charge < -0.3 is 15.5 Å². The van der Waals surface area contributed by atoms with Gasteiger partial charge in [-0.3, -0.25) is 4.40 Å². The summed E-state index contributed by atoms with van der Waals surface area (Å²) < 4.78 is 2.63. The van der Waals surface area contributed by atoms with Crippen LogP contribution in [0.25, 0.3) is 5.65 Å². The zero-order chi connectivity index (χ0) is 13.2. The summed E-state index contributed by atoms with van der Waals surface area (Å²) in [5, 5.41) is 21.5. The molecular formula is C11H15BrN4O2. The largest absolute Gasteiger partial charge is 0.394 e. The minimum absolute atomic E-state index is 0.133. The fourth-order valence-electron chi connectivity index (χ4n) is 1.51. The van der Waals surface area contributed by atoms with Crippen molar-refractivity contribution in [3.8, 4) is 0 Å². The number of nitrogens with zero attached hydrogens (tertiary/aromatic N) is 3. The molecule has 0 aliphatic carbocycles. The summed E-state index contributed by atoms with van der Waals surface area (Å²) in [5.41, 5.74) is 0.986. The number of hydrogen-bond donors (Lipinski definition) is 3. The molecule has 0 aliphatic heterocycles. The summed E-state index contributed by atoms with van der Waals surface area (Å²) in [6.45, 7) is 1.99. The standard InChI is InChI=1S/C11H15BrN4O2/c1-11(6-17,7-18)15-3-8-2-14-10-4-13-9(12)5-16(8)10/h2,4-5,15,17-18H,3,6-7H2,1H3. The Kier molecular flexibility index (Phi) is 3.96. The first-order chi connectivity index (χ1) is 8.58. The van der Waals surface area contributed by atoms with E-state index in [1.807, 2.05) is 10.6 Å². The highest BCUT2D eigenvalue weighted by Crippen LogP contribution is 2.11. The van der Waals surface area contributed by atoms with E-state index in [0.717, 1.165) is 15.9 Å². The van der Waals surface area contributed by atoms with Crippen LogP contribution in [-0.4, -0.2) is 43.3 Å². The summed E-state index contributed by atoms with van der Waals surface area (Å²) in [4.78, 5) is 8.32. The zero-order valence-electron chi connectivity index (χ0n) is 9.97. The molecular weight excluding hydrogens is 300 g/mol. The Morgan fingerprint density at radius 3 is 2.72 bits per heavy atom. The number of hydrogen-bond acceptors (Lipinski definition) is 5. The Morgan fingerprint density at radius 2 is 2.06 bits per heavy atom. The Labute approximate surface area is 113 Å². The average Bonchev–Trinajstić information content (AvgIpc) is 2.78. The molecule has 98 valence electrons. The Hall–Kier alpha value is -1.02. The lowest BCUT2D eigenvalue weighted by Crippen LogP contribution is -2.48. The fraction of sp³-hybridized carbons (Fsp3) is 0.455. The van der Waals surface area contributed by atoms with E-state index in [0.29, 0.717) is 6.54 Å². The molecule has 0 amide bonds. The number of aromatic nitrogens is 3. The molecule has 0 fully saturated rings. The summed E-state index contributed by atoms with van der Waals surface area (Å²) >= 11 is 3.31. The fourth-order valence-corrected chi connectivity index (χ4v) is 1.82. The average molecular weight is 315 g/mol. The van der Waals surface area contributed by atoms with Gasteiger partial charge in [0.25, 0.3) is 0 Å². The van der Waals surface area contributed by atoms with Gasteiger partial charge >= 0.3 is 0 Å². The van der Waals surface area contributed by atoms with Gasteiger partial charge in [-0.1, -0.05) is 0 Å². The van der Waals surface area contributed by atoms with Crippen molar-refractivity contribution >= 4 is 21.6 Å². The van der Waals surface area contributed by atoms with Gasteiger partial charge in [0, 0.05) is 12.7 Å². The summed E-state index contributed by atoms with van der Waals surface area (Å²) in [5.74, 6) is 0. The van der Waals surface area contributed by atoms with E-state index >= 15 is 0 Å².